The molecule has 1 fully saturated rings. The molecule has 0 bridgehead atoms. The standard InChI is InChI=1S/C30H30N4O5/c1-20-9-8-10-21(15-20)19-39-28-26(34(36)37)16-22(17-27(28)38-2)18-31-33-29(23-11-4-3-5-12-23)32-25-14-7-6-13-24(25)30(33)35/h6-10,13-18,23H,3-5,11-12,19H2,1-2H3. The number of fused-ring (bicyclic) bond motifs is 1. The number of aromatic nitrogens is 2. The van der Waals surface area contributed by atoms with E-state index in [2.05, 4.69) is 5.10 Å². The molecule has 1 aromatic heterocycles. The van der Waals surface area contributed by atoms with Crippen molar-refractivity contribution < 1.29 is 14.4 Å². The fourth-order valence-electron chi connectivity index (χ4n) is 5.07. The summed E-state index contributed by atoms with van der Waals surface area (Å²) in [4.78, 5) is 29.8. The summed E-state index contributed by atoms with van der Waals surface area (Å²) >= 11 is 0. The maximum Gasteiger partial charge on any atom is 0.315 e. The van der Waals surface area contributed by atoms with Crippen LogP contribution in [0.1, 0.15) is 60.5 Å². The molecule has 9 nitrogen and oxygen atoms in total. The molecule has 0 saturated heterocycles. The predicted octanol–water partition coefficient (Wildman–Crippen LogP) is 6.13. The highest BCUT2D eigenvalue weighted by Crippen LogP contribution is 2.38. The molecule has 5 rings (SSSR count). The number of benzene rings is 3. The van der Waals surface area contributed by atoms with Gasteiger partial charge in [-0.3, -0.25) is 14.9 Å². The van der Waals surface area contributed by atoms with Crippen LogP contribution >= 0.6 is 0 Å². The van der Waals surface area contributed by atoms with E-state index >= 15 is 0 Å². The summed E-state index contributed by atoms with van der Waals surface area (Å²) in [5.41, 5.74) is 2.47. The van der Waals surface area contributed by atoms with Crippen LogP contribution in [0.25, 0.3) is 10.9 Å². The largest absolute Gasteiger partial charge is 0.493 e. The number of nitro benzene ring substituents is 1. The van der Waals surface area contributed by atoms with Gasteiger partial charge in [0, 0.05) is 17.5 Å². The van der Waals surface area contributed by atoms with Gasteiger partial charge in [0.15, 0.2) is 5.75 Å². The van der Waals surface area contributed by atoms with E-state index in [4.69, 9.17) is 14.5 Å². The summed E-state index contributed by atoms with van der Waals surface area (Å²) in [5.74, 6) is 0.979. The van der Waals surface area contributed by atoms with Gasteiger partial charge in [-0.2, -0.15) is 9.78 Å². The number of aryl methyl sites for hydroxylation is 1. The van der Waals surface area contributed by atoms with Gasteiger partial charge >= 0.3 is 5.69 Å². The Hall–Kier alpha value is -4.53. The quantitative estimate of drug-likeness (QED) is 0.155. The predicted molar refractivity (Wildman–Crippen MR) is 150 cm³/mol. The molecule has 0 aliphatic heterocycles. The van der Waals surface area contributed by atoms with Gasteiger partial charge in [-0.1, -0.05) is 61.2 Å². The van der Waals surface area contributed by atoms with Crippen LogP contribution in [0.2, 0.25) is 0 Å². The van der Waals surface area contributed by atoms with Crippen molar-refractivity contribution in [1.29, 1.82) is 0 Å². The number of hydrogen-bond acceptors (Lipinski definition) is 7. The zero-order chi connectivity index (χ0) is 27.4. The Balaban J connectivity index is 1.53. The van der Waals surface area contributed by atoms with Gasteiger partial charge < -0.3 is 9.47 Å². The second kappa shape index (κ2) is 11.5. The molecule has 0 amide bonds. The van der Waals surface area contributed by atoms with Gasteiger partial charge in [0.2, 0.25) is 5.75 Å². The van der Waals surface area contributed by atoms with E-state index in [1.807, 2.05) is 43.3 Å². The molecule has 200 valence electrons. The van der Waals surface area contributed by atoms with E-state index in [1.165, 1.54) is 30.5 Å². The lowest BCUT2D eigenvalue weighted by molar-refractivity contribution is -0.386. The number of hydrogen-bond donors (Lipinski definition) is 0. The molecule has 0 spiro atoms. The maximum atomic E-state index is 13.5. The normalized spacial score (nSPS) is 14.1. The molecule has 1 aliphatic rings. The van der Waals surface area contributed by atoms with Crippen molar-refractivity contribution >= 4 is 22.8 Å². The van der Waals surface area contributed by atoms with E-state index in [-0.39, 0.29) is 35.3 Å². The SMILES string of the molecule is COc1cc(C=Nn2c(C3CCCCC3)nc3ccccc3c2=O)cc([N+](=O)[O-])c1OCc1cccc(C)c1. The highest BCUT2D eigenvalue weighted by molar-refractivity contribution is 5.83. The average molecular weight is 527 g/mol. The first-order valence-corrected chi connectivity index (χ1v) is 13.1. The topological polar surface area (TPSA) is 109 Å². The molecule has 0 atom stereocenters. The van der Waals surface area contributed by atoms with Crippen LogP contribution in [-0.2, 0) is 6.61 Å². The van der Waals surface area contributed by atoms with Crippen molar-refractivity contribution in [1.82, 2.24) is 9.66 Å². The second-order valence-corrected chi connectivity index (χ2v) is 9.79. The van der Waals surface area contributed by atoms with E-state index in [0.29, 0.717) is 22.3 Å². The number of methoxy groups -OCH3 is 1. The van der Waals surface area contributed by atoms with E-state index < -0.39 is 4.92 Å². The van der Waals surface area contributed by atoms with Gasteiger partial charge in [0.05, 0.1) is 29.2 Å². The Morgan fingerprint density at radius 3 is 2.64 bits per heavy atom. The zero-order valence-electron chi connectivity index (χ0n) is 22.0. The first-order chi connectivity index (χ1) is 18.9. The summed E-state index contributed by atoms with van der Waals surface area (Å²) in [6.45, 7) is 2.12. The summed E-state index contributed by atoms with van der Waals surface area (Å²) in [5, 5.41) is 17.0. The summed E-state index contributed by atoms with van der Waals surface area (Å²) in [7, 11) is 1.43. The molecule has 3 aromatic carbocycles. The summed E-state index contributed by atoms with van der Waals surface area (Å²) < 4.78 is 12.7. The lowest BCUT2D eigenvalue weighted by atomic mass is 9.88. The number of nitrogens with zero attached hydrogens (tertiary/aromatic N) is 4. The maximum absolute atomic E-state index is 13.5. The number of ether oxygens (including phenoxy) is 2. The number of nitro groups is 1. The van der Waals surface area contributed by atoms with E-state index in [9.17, 15) is 14.9 Å². The van der Waals surface area contributed by atoms with Gasteiger partial charge in [0.25, 0.3) is 5.56 Å². The van der Waals surface area contributed by atoms with Gasteiger partial charge in [-0.05, 0) is 43.5 Å². The highest BCUT2D eigenvalue weighted by Gasteiger charge is 2.24. The molecule has 0 radical (unpaired) electrons. The molecule has 1 aliphatic carbocycles. The third-order valence-electron chi connectivity index (χ3n) is 7.01. The van der Waals surface area contributed by atoms with Crippen LogP contribution in [0.4, 0.5) is 5.69 Å². The van der Waals surface area contributed by atoms with Gasteiger partial charge in [-0.25, -0.2) is 4.98 Å². The van der Waals surface area contributed by atoms with Gasteiger partial charge in [0.1, 0.15) is 12.4 Å². The third-order valence-corrected chi connectivity index (χ3v) is 7.01. The molecule has 9 heteroatoms. The van der Waals surface area contributed by atoms with Crippen molar-refractivity contribution in [2.45, 2.75) is 51.6 Å². The van der Waals surface area contributed by atoms with Crippen LogP contribution in [0.15, 0.2) is 70.6 Å². The van der Waals surface area contributed by atoms with Crippen molar-refractivity contribution in [2.24, 2.45) is 5.10 Å². The van der Waals surface area contributed by atoms with Crippen LogP contribution in [0.5, 0.6) is 11.5 Å². The van der Waals surface area contributed by atoms with Crippen LogP contribution in [0, 0.1) is 17.0 Å². The Kier molecular flexibility index (Phi) is 7.67. The molecule has 1 saturated carbocycles. The first kappa shape index (κ1) is 26.1. The smallest absolute Gasteiger partial charge is 0.315 e. The second-order valence-electron chi connectivity index (χ2n) is 9.79. The zero-order valence-corrected chi connectivity index (χ0v) is 22.0. The van der Waals surface area contributed by atoms with Crippen molar-refractivity contribution in [3.8, 4) is 11.5 Å². The minimum atomic E-state index is -0.511. The minimum Gasteiger partial charge on any atom is -0.493 e. The molecule has 4 aromatic rings. The first-order valence-electron chi connectivity index (χ1n) is 13.1. The lowest BCUT2D eigenvalue weighted by Gasteiger charge is -2.22. The van der Waals surface area contributed by atoms with Crippen molar-refractivity contribution in [3.05, 3.63) is 104 Å². The highest BCUT2D eigenvalue weighted by atomic mass is 16.6. The van der Waals surface area contributed by atoms with Gasteiger partial charge in [-0.15, -0.1) is 0 Å². The number of rotatable bonds is 8. The third kappa shape index (κ3) is 5.67. The molecular formula is C30H30N4O5. The molecule has 1 heterocycles. The Labute approximate surface area is 225 Å². The lowest BCUT2D eigenvalue weighted by Crippen LogP contribution is -2.25. The van der Waals surface area contributed by atoms with E-state index in [0.717, 1.165) is 36.8 Å². The minimum absolute atomic E-state index is 0.0357. The monoisotopic (exact) mass is 526 g/mol. The van der Waals surface area contributed by atoms with Crippen LogP contribution < -0.4 is 15.0 Å². The number of para-hydroxylation sites is 1. The summed E-state index contributed by atoms with van der Waals surface area (Å²) in [6, 6.07) is 17.9. The fraction of sp³-hybridized carbons (Fsp3) is 0.300. The van der Waals surface area contributed by atoms with E-state index in [1.54, 1.807) is 18.2 Å². The Morgan fingerprint density at radius 1 is 1.10 bits per heavy atom. The molecule has 0 N–H and O–H groups in total. The fourth-order valence-corrected chi connectivity index (χ4v) is 5.07. The Morgan fingerprint density at radius 2 is 1.90 bits per heavy atom. The molecule has 0 unspecified atom stereocenters. The van der Waals surface area contributed by atoms with Crippen LogP contribution in [0.3, 0.4) is 0 Å². The van der Waals surface area contributed by atoms with Crippen molar-refractivity contribution in [2.75, 3.05) is 7.11 Å². The molecule has 39 heavy (non-hydrogen) atoms. The van der Waals surface area contributed by atoms with Crippen molar-refractivity contribution in [3.63, 3.8) is 0 Å². The molecular weight excluding hydrogens is 496 g/mol. The Bertz CT molecular complexity index is 1610. The summed E-state index contributed by atoms with van der Waals surface area (Å²) in [6.07, 6.45) is 6.62. The average Bonchev–Trinajstić information content (AvgIpc) is 2.95. The van der Waals surface area contributed by atoms with Crippen LogP contribution in [-0.4, -0.2) is 27.9 Å².